The summed E-state index contributed by atoms with van der Waals surface area (Å²) in [4.78, 5) is 29.5. The maximum Gasteiger partial charge on any atom is 0.240 e. The van der Waals surface area contributed by atoms with Gasteiger partial charge in [0.1, 0.15) is 0 Å². The van der Waals surface area contributed by atoms with Crippen LogP contribution in [0.3, 0.4) is 0 Å². The summed E-state index contributed by atoms with van der Waals surface area (Å²) in [6.45, 7) is 5.67. The summed E-state index contributed by atoms with van der Waals surface area (Å²) < 4.78 is 5.37. The molecule has 0 saturated carbocycles. The Labute approximate surface area is 156 Å². The molecule has 3 rings (SSSR count). The molecule has 5 heteroatoms. The van der Waals surface area contributed by atoms with E-state index in [-0.39, 0.29) is 11.8 Å². The first-order chi connectivity index (χ1) is 12.6. The van der Waals surface area contributed by atoms with Crippen molar-refractivity contribution in [2.75, 3.05) is 39.9 Å². The second-order valence-electron chi connectivity index (χ2n) is 7.47. The third kappa shape index (κ3) is 3.69. The molecule has 142 valence electrons. The van der Waals surface area contributed by atoms with Crippen molar-refractivity contribution in [2.24, 2.45) is 0 Å². The van der Waals surface area contributed by atoms with Crippen LogP contribution in [-0.4, -0.2) is 61.5 Å². The molecule has 1 atom stereocenters. The van der Waals surface area contributed by atoms with Crippen molar-refractivity contribution in [1.82, 2.24) is 9.80 Å². The number of likely N-dealkylation sites (tertiary alicyclic amines) is 1. The number of likely N-dealkylation sites (N-methyl/N-ethyl adjacent to an activating group) is 1. The Hall–Kier alpha value is -1.72. The van der Waals surface area contributed by atoms with Gasteiger partial charge in [-0.25, -0.2) is 0 Å². The summed E-state index contributed by atoms with van der Waals surface area (Å²) in [7, 11) is 2.05. The van der Waals surface area contributed by atoms with Crippen molar-refractivity contribution in [3.05, 3.63) is 35.4 Å². The Bertz CT molecular complexity index is 660. The van der Waals surface area contributed by atoms with Gasteiger partial charge in [0.15, 0.2) is 0 Å². The predicted molar refractivity (Wildman–Crippen MR) is 101 cm³/mol. The Morgan fingerprint density at radius 2 is 2.04 bits per heavy atom. The van der Waals surface area contributed by atoms with Gasteiger partial charge in [0.2, 0.25) is 11.8 Å². The molecule has 1 spiro atoms. The fourth-order valence-electron chi connectivity index (χ4n) is 4.33. The standard InChI is InChI=1S/C21H30N2O3/c1-3-26-15-14-22(2)12-7-13-23-19(24)16-21(20(23)25)11-6-9-17-8-4-5-10-18(17)21/h4-5,8,10H,3,6-7,9,11-16H2,1-2H3. The lowest BCUT2D eigenvalue weighted by atomic mass is 9.69. The van der Waals surface area contributed by atoms with Crippen LogP contribution in [-0.2, 0) is 26.2 Å². The molecule has 0 N–H and O–H groups in total. The first-order valence-electron chi connectivity index (χ1n) is 9.78. The summed E-state index contributed by atoms with van der Waals surface area (Å²) in [6, 6.07) is 8.16. The van der Waals surface area contributed by atoms with Crippen LogP contribution < -0.4 is 0 Å². The maximum absolute atomic E-state index is 13.2. The van der Waals surface area contributed by atoms with E-state index in [0.29, 0.717) is 19.6 Å². The highest BCUT2D eigenvalue weighted by Gasteiger charge is 2.53. The fourth-order valence-corrected chi connectivity index (χ4v) is 4.33. The molecule has 1 aromatic rings. The molecule has 1 heterocycles. The highest BCUT2D eigenvalue weighted by molar-refractivity contribution is 6.09. The number of carbonyl (C=O) groups is 2. The van der Waals surface area contributed by atoms with Crippen LogP contribution in [0.15, 0.2) is 24.3 Å². The average Bonchev–Trinajstić information content (AvgIpc) is 2.87. The van der Waals surface area contributed by atoms with Gasteiger partial charge >= 0.3 is 0 Å². The molecule has 1 aromatic carbocycles. The number of nitrogens with zero attached hydrogens (tertiary/aromatic N) is 2. The van der Waals surface area contributed by atoms with Crippen LogP contribution >= 0.6 is 0 Å². The Balaban J connectivity index is 1.62. The summed E-state index contributed by atoms with van der Waals surface area (Å²) in [5.41, 5.74) is 1.71. The molecule has 2 amide bonds. The van der Waals surface area contributed by atoms with Crippen LogP contribution in [0.4, 0.5) is 0 Å². The van der Waals surface area contributed by atoms with Crippen molar-refractivity contribution >= 4 is 11.8 Å². The minimum absolute atomic E-state index is 0.0105. The minimum Gasteiger partial charge on any atom is -0.380 e. The van der Waals surface area contributed by atoms with Crippen molar-refractivity contribution < 1.29 is 14.3 Å². The van der Waals surface area contributed by atoms with Gasteiger partial charge in [-0.15, -0.1) is 0 Å². The van der Waals surface area contributed by atoms with Crippen molar-refractivity contribution in [3.8, 4) is 0 Å². The van der Waals surface area contributed by atoms with Gasteiger partial charge in [-0.1, -0.05) is 24.3 Å². The lowest BCUT2D eigenvalue weighted by molar-refractivity contribution is -0.140. The van der Waals surface area contributed by atoms with Gasteiger partial charge in [-0.2, -0.15) is 0 Å². The summed E-state index contributed by atoms with van der Waals surface area (Å²) >= 11 is 0. The first kappa shape index (κ1) is 19.1. The summed E-state index contributed by atoms with van der Waals surface area (Å²) in [5.74, 6) is 0.00953. The molecule has 26 heavy (non-hydrogen) atoms. The number of aryl methyl sites for hydroxylation is 1. The summed E-state index contributed by atoms with van der Waals surface area (Å²) in [5, 5.41) is 0. The molecule has 1 fully saturated rings. The van der Waals surface area contributed by atoms with Crippen LogP contribution in [0.1, 0.15) is 43.7 Å². The number of rotatable bonds is 8. The third-order valence-electron chi connectivity index (χ3n) is 5.73. The van der Waals surface area contributed by atoms with Crippen LogP contribution in [0, 0.1) is 0 Å². The van der Waals surface area contributed by atoms with Gasteiger partial charge in [-0.3, -0.25) is 14.5 Å². The highest BCUT2D eigenvalue weighted by Crippen LogP contribution is 2.45. The van der Waals surface area contributed by atoms with Crippen LogP contribution in [0.25, 0.3) is 0 Å². The van der Waals surface area contributed by atoms with E-state index in [1.807, 2.05) is 32.2 Å². The topological polar surface area (TPSA) is 49.9 Å². The lowest BCUT2D eigenvalue weighted by Crippen LogP contribution is -2.41. The highest BCUT2D eigenvalue weighted by atomic mass is 16.5. The van der Waals surface area contributed by atoms with Gasteiger partial charge in [0.25, 0.3) is 0 Å². The molecular formula is C21H30N2O3. The molecule has 1 unspecified atom stereocenters. The quantitative estimate of drug-likeness (QED) is 0.529. The fraction of sp³-hybridized carbons (Fsp3) is 0.619. The van der Waals surface area contributed by atoms with Crippen molar-refractivity contribution in [2.45, 2.75) is 44.4 Å². The van der Waals surface area contributed by atoms with E-state index in [1.165, 1.54) is 10.5 Å². The van der Waals surface area contributed by atoms with E-state index in [0.717, 1.165) is 50.9 Å². The number of imide groups is 1. The molecule has 1 aliphatic heterocycles. The zero-order valence-corrected chi connectivity index (χ0v) is 16.0. The normalized spacial score (nSPS) is 22.5. The Morgan fingerprint density at radius 1 is 1.23 bits per heavy atom. The Morgan fingerprint density at radius 3 is 2.85 bits per heavy atom. The van der Waals surface area contributed by atoms with Crippen molar-refractivity contribution in [1.29, 1.82) is 0 Å². The molecule has 1 saturated heterocycles. The van der Waals surface area contributed by atoms with Crippen molar-refractivity contribution in [3.63, 3.8) is 0 Å². The second kappa shape index (κ2) is 8.31. The van der Waals surface area contributed by atoms with E-state index in [9.17, 15) is 9.59 Å². The zero-order valence-electron chi connectivity index (χ0n) is 16.0. The first-order valence-corrected chi connectivity index (χ1v) is 9.78. The van der Waals surface area contributed by atoms with Crippen LogP contribution in [0.5, 0.6) is 0 Å². The average molecular weight is 358 g/mol. The number of ether oxygens (including phenoxy) is 1. The van der Waals surface area contributed by atoms with E-state index < -0.39 is 5.41 Å². The lowest BCUT2D eigenvalue weighted by Gasteiger charge is -2.33. The van der Waals surface area contributed by atoms with E-state index >= 15 is 0 Å². The van der Waals surface area contributed by atoms with E-state index in [2.05, 4.69) is 11.0 Å². The molecule has 0 radical (unpaired) electrons. The second-order valence-corrected chi connectivity index (χ2v) is 7.47. The van der Waals surface area contributed by atoms with Crippen LogP contribution in [0.2, 0.25) is 0 Å². The van der Waals surface area contributed by atoms with Gasteiger partial charge in [-0.05, 0) is 57.3 Å². The number of hydrogen-bond donors (Lipinski definition) is 0. The van der Waals surface area contributed by atoms with E-state index in [1.54, 1.807) is 0 Å². The third-order valence-corrected chi connectivity index (χ3v) is 5.73. The maximum atomic E-state index is 13.2. The van der Waals surface area contributed by atoms with Gasteiger partial charge < -0.3 is 9.64 Å². The molecule has 5 nitrogen and oxygen atoms in total. The molecular weight excluding hydrogens is 328 g/mol. The van der Waals surface area contributed by atoms with E-state index in [4.69, 9.17) is 4.74 Å². The number of hydrogen-bond acceptors (Lipinski definition) is 4. The number of carbonyl (C=O) groups excluding carboxylic acids is 2. The summed E-state index contributed by atoms with van der Waals surface area (Å²) in [6.07, 6.45) is 3.91. The molecule has 1 aliphatic carbocycles. The molecule has 0 bridgehead atoms. The minimum atomic E-state index is -0.604. The number of benzene rings is 1. The monoisotopic (exact) mass is 358 g/mol. The largest absolute Gasteiger partial charge is 0.380 e. The predicted octanol–water partition coefficient (Wildman–Crippen LogP) is 2.38. The SMILES string of the molecule is CCOCCN(C)CCCN1C(=O)CC2(CCCc3ccccc32)C1=O. The molecule has 0 aromatic heterocycles. The molecule has 2 aliphatic rings. The number of fused-ring (bicyclic) bond motifs is 2. The zero-order chi connectivity index (χ0) is 18.6. The Kier molecular flexibility index (Phi) is 6.09. The van der Waals surface area contributed by atoms with Gasteiger partial charge in [0.05, 0.1) is 12.0 Å². The van der Waals surface area contributed by atoms with Gasteiger partial charge in [0, 0.05) is 26.1 Å². The number of amides is 2. The smallest absolute Gasteiger partial charge is 0.240 e.